The average Bonchev–Trinajstić information content (AvgIpc) is 2.30. The summed E-state index contributed by atoms with van der Waals surface area (Å²) in [6.07, 6.45) is 2.45. The molecule has 0 bridgehead atoms. The van der Waals surface area contributed by atoms with Gasteiger partial charge in [0.15, 0.2) is 6.29 Å². The van der Waals surface area contributed by atoms with Gasteiger partial charge in [-0.05, 0) is 25.5 Å². The van der Waals surface area contributed by atoms with Crippen molar-refractivity contribution >= 4 is 12.1 Å². The summed E-state index contributed by atoms with van der Waals surface area (Å²) in [4.78, 5) is 17.2. The summed E-state index contributed by atoms with van der Waals surface area (Å²) >= 11 is 0. The van der Waals surface area contributed by atoms with Crippen LogP contribution in [-0.4, -0.2) is 37.1 Å². The molecule has 1 atom stereocenters. The molecule has 0 saturated carbocycles. The summed E-state index contributed by atoms with van der Waals surface area (Å²) in [5.41, 5.74) is 1.67. The number of anilines is 1. The van der Waals surface area contributed by atoms with Crippen LogP contribution in [0.2, 0.25) is 0 Å². The van der Waals surface area contributed by atoms with Gasteiger partial charge < -0.3 is 9.64 Å². The Bertz CT molecular complexity index is 393. The molecule has 1 saturated heterocycles. The molecule has 1 unspecified atom stereocenters. The number of aromatic nitrogens is 1. The molecule has 4 heteroatoms. The van der Waals surface area contributed by atoms with E-state index in [0.29, 0.717) is 11.6 Å². The number of nitrogens with zero attached hydrogens (tertiary/aromatic N) is 2. The van der Waals surface area contributed by atoms with Gasteiger partial charge >= 0.3 is 0 Å². The van der Waals surface area contributed by atoms with Gasteiger partial charge in [-0.2, -0.15) is 0 Å². The molecule has 1 fully saturated rings. The van der Waals surface area contributed by atoms with Crippen molar-refractivity contribution in [1.29, 1.82) is 0 Å². The lowest BCUT2D eigenvalue weighted by molar-refractivity contribution is 0.0984. The quantitative estimate of drug-likeness (QED) is 0.707. The van der Waals surface area contributed by atoms with E-state index in [-0.39, 0.29) is 0 Å². The van der Waals surface area contributed by atoms with Gasteiger partial charge in [0.05, 0.1) is 19.3 Å². The van der Waals surface area contributed by atoms with Crippen LogP contribution in [0.3, 0.4) is 0 Å². The van der Waals surface area contributed by atoms with Crippen molar-refractivity contribution in [1.82, 2.24) is 4.98 Å². The molecule has 0 radical (unpaired) electrons. The predicted octanol–water partition coefficient (Wildman–Crippen LogP) is 1.43. The van der Waals surface area contributed by atoms with Crippen molar-refractivity contribution in [3.63, 3.8) is 0 Å². The van der Waals surface area contributed by atoms with Gasteiger partial charge in [0.1, 0.15) is 5.82 Å². The molecule has 0 N–H and O–H groups in total. The largest absolute Gasteiger partial charge is 0.377 e. The molecule has 86 valence electrons. The Morgan fingerprint density at radius 2 is 2.44 bits per heavy atom. The minimum atomic E-state index is 0.335. The molecule has 0 aliphatic carbocycles. The molecule has 16 heavy (non-hydrogen) atoms. The van der Waals surface area contributed by atoms with E-state index in [1.807, 2.05) is 13.0 Å². The summed E-state index contributed by atoms with van der Waals surface area (Å²) in [6, 6.07) is 2.21. The van der Waals surface area contributed by atoms with E-state index in [1.165, 1.54) is 0 Å². The highest BCUT2D eigenvalue weighted by molar-refractivity contribution is 5.75. The van der Waals surface area contributed by atoms with Crippen molar-refractivity contribution in [2.45, 2.75) is 19.9 Å². The van der Waals surface area contributed by atoms with Gasteiger partial charge in [0.2, 0.25) is 0 Å². The molecular formula is C12H16N2O2. The first-order valence-corrected chi connectivity index (χ1v) is 5.48. The van der Waals surface area contributed by atoms with E-state index in [2.05, 4.69) is 16.8 Å². The highest BCUT2D eigenvalue weighted by Gasteiger charge is 2.21. The highest BCUT2D eigenvalue weighted by Crippen LogP contribution is 2.21. The number of morpholine rings is 1. The van der Waals surface area contributed by atoms with E-state index in [1.54, 1.807) is 6.20 Å². The Morgan fingerprint density at radius 1 is 1.62 bits per heavy atom. The van der Waals surface area contributed by atoms with Gasteiger partial charge in [0, 0.05) is 18.3 Å². The highest BCUT2D eigenvalue weighted by atomic mass is 16.5. The topological polar surface area (TPSA) is 42.4 Å². The molecule has 1 aromatic heterocycles. The Labute approximate surface area is 95.2 Å². The summed E-state index contributed by atoms with van der Waals surface area (Å²) in [7, 11) is 0. The Balaban J connectivity index is 2.28. The molecule has 0 spiro atoms. The lowest BCUT2D eigenvalue weighted by Crippen LogP contribution is -2.44. The van der Waals surface area contributed by atoms with Crippen molar-refractivity contribution in [2.24, 2.45) is 0 Å². The second kappa shape index (κ2) is 4.61. The van der Waals surface area contributed by atoms with E-state index in [9.17, 15) is 4.79 Å². The molecule has 1 aromatic rings. The van der Waals surface area contributed by atoms with Crippen molar-refractivity contribution < 1.29 is 9.53 Å². The fourth-order valence-corrected chi connectivity index (χ4v) is 2.00. The zero-order chi connectivity index (χ0) is 11.5. The van der Waals surface area contributed by atoms with Crippen LogP contribution in [0, 0.1) is 6.92 Å². The first kappa shape index (κ1) is 11.1. The summed E-state index contributed by atoms with van der Waals surface area (Å²) in [5, 5.41) is 0. The maximum Gasteiger partial charge on any atom is 0.151 e. The lowest BCUT2D eigenvalue weighted by atomic mass is 10.1. The standard InChI is InChI=1S/C12H16N2O2/c1-9-5-11(7-15)6-13-12(9)14-3-4-16-8-10(14)2/h5-7,10H,3-4,8H2,1-2H3. The lowest BCUT2D eigenvalue weighted by Gasteiger charge is -2.35. The Kier molecular flexibility index (Phi) is 3.19. The van der Waals surface area contributed by atoms with E-state index < -0.39 is 0 Å². The molecule has 2 rings (SSSR count). The van der Waals surface area contributed by atoms with Gasteiger partial charge in [-0.1, -0.05) is 0 Å². The molecule has 1 aliphatic heterocycles. The van der Waals surface area contributed by atoms with E-state index in [4.69, 9.17) is 4.74 Å². The maximum atomic E-state index is 10.6. The van der Waals surface area contributed by atoms with E-state index in [0.717, 1.165) is 37.4 Å². The van der Waals surface area contributed by atoms with Crippen molar-refractivity contribution in [2.75, 3.05) is 24.7 Å². The monoisotopic (exact) mass is 220 g/mol. The molecule has 4 nitrogen and oxygen atoms in total. The molecule has 0 aromatic carbocycles. The second-order valence-corrected chi connectivity index (χ2v) is 4.14. The van der Waals surface area contributed by atoms with Crippen LogP contribution in [0.1, 0.15) is 22.8 Å². The molecule has 0 amide bonds. The van der Waals surface area contributed by atoms with Gasteiger partial charge in [-0.25, -0.2) is 4.98 Å². The van der Waals surface area contributed by atoms with Gasteiger partial charge in [0.25, 0.3) is 0 Å². The van der Waals surface area contributed by atoms with Gasteiger partial charge in [-0.15, -0.1) is 0 Å². The van der Waals surface area contributed by atoms with Crippen LogP contribution in [0.25, 0.3) is 0 Å². The minimum absolute atomic E-state index is 0.335. The molecule has 2 heterocycles. The third kappa shape index (κ3) is 2.07. The normalized spacial score (nSPS) is 20.9. The third-order valence-corrected chi connectivity index (χ3v) is 2.85. The number of ether oxygens (including phenoxy) is 1. The molecule has 1 aliphatic rings. The second-order valence-electron chi connectivity index (χ2n) is 4.14. The number of carbonyl (C=O) groups is 1. The maximum absolute atomic E-state index is 10.6. The molecular weight excluding hydrogens is 204 g/mol. The smallest absolute Gasteiger partial charge is 0.151 e. The first-order valence-electron chi connectivity index (χ1n) is 5.48. The number of rotatable bonds is 2. The van der Waals surface area contributed by atoms with Crippen LogP contribution in [0.4, 0.5) is 5.82 Å². The van der Waals surface area contributed by atoms with Crippen LogP contribution in [0.5, 0.6) is 0 Å². The fourth-order valence-electron chi connectivity index (χ4n) is 2.00. The Hall–Kier alpha value is -1.42. The minimum Gasteiger partial charge on any atom is -0.377 e. The van der Waals surface area contributed by atoms with Crippen molar-refractivity contribution in [3.8, 4) is 0 Å². The third-order valence-electron chi connectivity index (χ3n) is 2.85. The number of hydrogen-bond donors (Lipinski definition) is 0. The average molecular weight is 220 g/mol. The zero-order valence-corrected chi connectivity index (χ0v) is 9.64. The summed E-state index contributed by atoms with van der Waals surface area (Å²) in [5.74, 6) is 0.960. The van der Waals surface area contributed by atoms with Crippen LogP contribution >= 0.6 is 0 Å². The number of aryl methyl sites for hydroxylation is 1. The fraction of sp³-hybridized carbons (Fsp3) is 0.500. The Morgan fingerprint density at radius 3 is 3.06 bits per heavy atom. The number of pyridine rings is 1. The van der Waals surface area contributed by atoms with Gasteiger partial charge in [-0.3, -0.25) is 4.79 Å². The van der Waals surface area contributed by atoms with Crippen LogP contribution in [-0.2, 0) is 4.74 Å². The summed E-state index contributed by atoms with van der Waals surface area (Å²) in [6.45, 7) is 6.43. The SMILES string of the molecule is Cc1cc(C=O)cnc1N1CCOCC1C. The van der Waals surface area contributed by atoms with Crippen LogP contribution in [0.15, 0.2) is 12.3 Å². The van der Waals surface area contributed by atoms with Crippen molar-refractivity contribution in [3.05, 3.63) is 23.4 Å². The number of carbonyl (C=O) groups excluding carboxylic acids is 1. The summed E-state index contributed by atoms with van der Waals surface area (Å²) < 4.78 is 5.39. The number of aldehydes is 1. The predicted molar refractivity (Wildman–Crippen MR) is 62.0 cm³/mol. The zero-order valence-electron chi connectivity index (χ0n) is 9.64. The first-order chi connectivity index (χ1) is 7.72. The number of hydrogen-bond acceptors (Lipinski definition) is 4. The van der Waals surface area contributed by atoms with Crippen LogP contribution < -0.4 is 4.90 Å². The van der Waals surface area contributed by atoms with E-state index >= 15 is 0 Å².